The quantitative estimate of drug-likeness (QED) is 0.431. The summed E-state index contributed by atoms with van der Waals surface area (Å²) in [5, 5.41) is 15.8. The predicted molar refractivity (Wildman–Crippen MR) is 118 cm³/mol. The first-order valence-corrected chi connectivity index (χ1v) is 10.4. The van der Waals surface area contributed by atoms with Crippen LogP contribution in [0.2, 0.25) is 5.02 Å². The molecule has 146 valence electrons. The van der Waals surface area contributed by atoms with Gasteiger partial charge in [0, 0.05) is 27.9 Å². The highest BCUT2D eigenvalue weighted by Crippen LogP contribution is 2.37. The molecule has 4 aromatic rings. The second-order valence-corrected chi connectivity index (χ2v) is 8.74. The van der Waals surface area contributed by atoms with Crippen molar-refractivity contribution in [3.8, 4) is 16.9 Å². The Hall–Kier alpha value is -2.60. The first-order chi connectivity index (χ1) is 13.9. The van der Waals surface area contributed by atoms with Gasteiger partial charge in [-0.3, -0.25) is 4.98 Å². The average Bonchev–Trinajstić information content (AvgIpc) is 3.14. The summed E-state index contributed by atoms with van der Waals surface area (Å²) in [6.07, 6.45) is 5.53. The van der Waals surface area contributed by atoms with E-state index in [0.717, 1.165) is 32.3 Å². The van der Waals surface area contributed by atoms with Crippen LogP contribution in [0.25, 0.3) is 16.9 Å². The average molecular weight is 422 g/mol. The van der Waals surface area contributed by atoms with E-state index >= 15 is 0 Å². The number of aliphatic hydroxyl groups is 1. The molecule has 0 saturated heterocycles. The van der Waals surface area contributed by atoms with Gasteiger partial charge in [-0.15, -0.1) is 0 Å². The minimum Gasteiger partial charge on any atom is -0.386 e. The molecule has 2 aromatic heterocycles. The second kappa shape index (κ2) is 8.03. The zero-order valence-corrected chi connectivity index (χ0v) is 17.7. The van der Waals surface area contributed by atoms with Crippen LogP contribution in [-0.2, 0) is 5.60 Å². The Bertz CT molecular complexity index is 1100. The van der Waals surface area contributed by atoms with E-state index in [-0.39, 0.29) is 0 Å². The fourth-order valence-corrected chi connectivity index (χ4v) is 3.98. The van der Waals surface area contributed by atoms with E-state index in [2.05, 4.69) is 4.98 Å². The molecule has 0 radical (unpaired) electrons. The highest BCUT2D eigenvalue weighted by Gasteiger charge is 2.18. The summed E-state index contributed by atoms with van der Waals surface area (Å²) in [6.45, 7) is 3.56. The van der Waals surface area contributed by atoms with Gasteiger partial charge < -0.3 is 5.11 Å². The van der Waals surface area contributed by atoms with Crippen molar-refractivity contribution in [1.82, 2.24) is 14.8 Å². The minimum absolute atomic E-state index is 0.711. The largest absolute Gasteiger partial charge is 0.386 e. The molecule has 0 saturated carbocycles. The molecule has 0 amide bonds. The van der Waals surface area contributed by atoms with E-state index in [9.17, 15) is 5.11 Å². The smallest absolute Gasteiger partial charge is 0.107 e. The van der Waals surface area contributed by atoms with Gasteiger partial charge in [0.05, 0.1) is 22.4 Å². The van der Waals surface area contributed by atoms with Crippen LogP contribution in [0.1, 0.15) is 19.4 Å². The molecule has 0 bridgehead atoms. The molecule has 2 heterocycles. The molecule has 6 heteroatoms. The van der Waals surface area contributed by atoms with Crippen molar-refractivity contribution >= 4 is 23.4 Å². The topological polar surface area (TPSA) is 50.9 Å². The van der Waals surface area contributed by atoms with Gasteiger partial charge in [-0.05, 0) is 55.8 Å². The summed E-state index contributed by atoms with van der Waals surface area (Å²) in [6, 6.07) is 19.5. The van der Waals surface area contributed by atoms with Gasteiger partial charge in [0.1, 0.15) is 5.69 Å². The van der Waals surface area contributed by atoms with E-state index in [1.54, 1.807) is 38.0 Å². The van der Waals surface area contributed by atoms with Crippen LogP contribution in [0.4, 0.5) is 0 Å². The Morgan fingerprint density at radius 1 is 1.00 bits per heavy atom. The van der Waals surface area contributed by atoms with Gasteiger partial charge in [0.25, 0.3) is 0 Å². The SMILES string of the molecule is CC(C)(O)c1ccc(-c2nn(-c3cccnc3)cc2Sc2ccc(Cl)cc2)cc1. The molecule has 0 fully saturated rings. The van der Waals surface area contributed by atoms with E-state index in [0.29, 0.717) is 5.02 Å². The van der Waals surface area contributed by atoms with Crippen LogP contribution in [-0.4, -0.2) is 19.9 Å². The number of hydrogen-bond donors (Lipinski definition) is 1. The second-order valence-electron chi connectivity index (χ2n) is 7.19. The fourth-order valence-electron chi connectivity index (χ4n) is 2.92. The molecule has 0 atom stereocenters. The zero-order valence-electron chi connectivity index (χ0n) is 16.1. The molecule has 29 heavy (non-hydrogen) atoms. The van der Waals surface area contributed by atoms with Crippen molar-refractivity contribution in [2.24, 2.45) is 0 Å². The van der Waals surface area contributed by atoms with E-state index in [1.807, 2.05) is 71.5 Å². The molecular formula is C23H20ClN3OS. The van der Waals surface area contributed by atoms with Gasteiger partial charge >= 0.3 is 0 Å². The third kappa shape index (κ3) is 4.53. The summed E-state index contributed by atoms with van der Waals surface area (Å²) in [5.74, 6) is 0. The molecule has 4 rings (SSSR count). The number of aromatic nitrogens is 3. The summed E-state index contributed by atoms with van der Waals surface area (Å²) in [4.78, 5) is 6.29. The van der Waals surface area contributed by atoms with Crippen LogP contribution in [0.15, 0.2) is 89.0 Å². The molecule has 2 aromatic carbocycles. The third-order valence-corrected chi connectivity index (χ3v) is 5.78. The van der Waals surface area contributed by atoms with Crippen molar-refractivity contribution < 1.29 is 5.11 Å². The van der Waals surface area contributed by atoms with Gasteiger partial charge in [-0.25, -0.2) is 4.68 Å². The number of nitrogens with zero attached hydrogens (tertiary/aromatic N) is 3. The maximum Gasteiger partial charge on any atom is 0.107 e. The maximum absolute atomic E-state index is 10.2. The van der Waals surface area contributed by atoms with Crippen molar-refractivity contribution in [1.29, 1.82) is 0 Å². The maximum atomic E-state index is 10.2. The highest BCUT2D eigenvalue weighted by atomic mass is 35.5. The summed E-state index contributed by atoms with van der Waals surface area (Å²) in [7, 11) is 0. The van der Waals surface area contributed by atoms with Gasteiger partial charge in [-0.2, -0.15) is 5.10 Å². The van der Waals surface area contributed by atoms with E-state index < -0.39 is 5.60 Å². The summed E-state index contributed by atoms with van der Waals surface area (Å²) in [5.41, 5.74) is 2.73. The number of benzene rings is 2. The van der Waals surface area contributed by atoms with Gasteiger partial charge in [-0.1, -0.05) is 47.6 Å². The van der Waals surface area contributed by atoms with Crippen LogP contribution in [0, 0.1) is 0 Å². The monoisotopic (exact) mass is 421 g/mol. The van der Waals surface area contributed by atoms with Crippen LogP contribution in [0.5, 0.6) is 0 Å². The van der Waals surface area contributed by atoms with E-state index in [1.165, 1.54) is 0 Å². The summed E-state index contributed by atoms with van der Waals surface area (Å²) >= 11 is 7.66. The molecular weight excluding hydrogens is 402 g/mol. The zero-order chi connectivity index (χ0) is 20.4. The van der Waals surface area contributed by atoms with Gasteiger partial charge in [0.15, 0.2) is 0 Å². The Morgan fingerprint density at radius 3 is 2.34 bits per heavy atom. The Balaban J connectivity index is 1.76. The van der Waals surface area contributed by atoms with Crippen molar-refractivity contribution in [3.05, 3.63) is 89.8 Å². The van der Waals surface area contributed by atoms with Crippen LogP contribution < -0.4 is 0 Å². The number of rotatable bonds is 5. The van der Waals surface area contributed by atoms with Crippen LogP contribution in [0.3, 0.4) is 0 Å². The van der Waals surface area contributed by atoms with Crippen molar-refractivity contribution in [2.45, 2.75) is 29.2 Å². The molecule has 0 aliphatic rings. The van der Waals surface area contributed by atoms with Crippen LogP contribution >= 0.6 is 23.4 Å². The fraction of sp³-hybridized carbons (Fsp3) is 0.130. The van der Waals surface area contributed by atoms with Crippen molar-refractivity contribution in [2.75, 3.05) is 0 Å². The van der Waals surface area contributed by atoms with Crippen molar-refractivity contribution in [3.63, 3.8) is 0 Å². The lowest BCUT2D eigenvalue weighted by atomic mass is 9.97. The number of pyridine rings is 1. The Labute approximate surface area is 179 Å². The van der Waals surface area contributed by atoms with Gasteiger partial charge in [0.2, 0.25) is 0 Å². The normalized spacial score (nSPS) is 11.6. The highest BCUT2D eigenvalue weighted by molar-refractivity contribution is 7.99. The Morgan fingerprint density at radius 2 is 1.72 bits per heavy atom. The first kappa shape index (κ1) is 19.7. The molecule has 0 aliphatic carbocycles. The lowest BCUT2D eigenvalue weighted by Gasteiger charge is -2.17. The lowest BCUT2D eigenvalue weighted by molar-refractivity contribution is 0.0786. The molecule has 0 spiro atoms. The minimum atomic E-state index is -0.880. The lowest BCUT2D eigenvalue weighted by Crippen LogP contribution is -2.14. The van der Waals surface area contributed by atoms with E-state index in [4.69, 9.17) is 16.7 Å². The molecule has 0 aliphatic heterocycles. The summed E-state index contributed by atoms with van der Waals surface area (Å²) < 4.78 is 1.84. The Kier molecular flexibility index (Phi) is 5.46. The molecule has 0 unspecified atom stereocenters. The predicted octanol–water partition coefficient (Wildman–Crippen LogP) is 5.97. The molecule has 1 N–H and O–H groups in total. The first-order valence-electron chi connectivity index (χ1n) is 9.17. The number of hydrogen-bond acceptors (Lipinski definition) is 4. The number of halogens is 1. The standard InChI is InChI=1S/C23H20ClN3OS/c1-23(2,28)17-7-5-16(6-8-17)22-21(29-20-11-9-18(24)10-12-20)15-27(26-22)19-4-3-13-25-14-19/h3-15,28H,1-2H3. The molecule has 4 nitrogen and oxygen atoms in total. The third-order valence-electron chi connectivity index (χ3n) is 4.50.